The van der Waals surface area contributed by atoms with Gasteiger partial charge in [0.2, 0.25) is 0 Å². The lowest BCUT2D eigenvalue weighted by atomic mass is 9.87. The number of rotatable bonds is 3. The predicted molar refractivity (Wildman–Crippen MR) is 182 cm³/mol. The number of fused-ring (bicyclic) bond motifs is 5. The molecule has 206 valence electrons. The highest BCUT2D eigenvalue weighted by Gasteiger charge is 2.47. The van der Waals surface area contributed by atoms with E-state index < -0.39 is 0 Å². The summed E-state index contributed by atoms with van der Waals surface area (Å²) in [6.07, 6.45) is -0.175. The van der Waals surface area contributed by atoms with Gasteiger partial charge < -0.3 is 9.64 Å². The van der Waals surface area contributed by atoms with E-state index in [1.54, 1.807) is 0 Å². The van der Waals surface area contributed by atoms with E-state index in [1.165, 1.54) is 11.1 Å². The van der Waals surface area contributed by atoms with Crippen molar-refractivity contribution in [2.45, 2.75) is 12.1 Å². The fourth-order valence-electron chi connectivity index (χ4n) is 7.59. The van der Waals surface area contributed by atoms with Crippen molar-refractivity contribution in [2.75, 3.05) is 4.90 Å². The van der Waals surface area contributed by atoms with Crippen LogP contribution in [0.4, 0.5) is 11.4 Å². The predicted octanol–water partition coefficient (Wildman–Crippen LogP) is 10.9. The van der Waals surface area contributed by atoms with E-state index in [1.807, 2.05) is 24.3 Å². The first-order valence-corrected chi connectivity index (χ1v) is 14.9. The Bertz CT molecular complexity index is 2660. The molecule has 2 aliphatic heterocycles. The van der Waals surface area contributed by atoms with Gasteiger partial charge in [0, 0.05) is 16.9 Å². The monoisotopic (exact) mass is 566 g/mol. The Morgan fingerprint density at radius 1 is 0.568 bits per heavy atom. The van der Waals surface area contributed by atoms with E-state index >= 15 is 0 Å². The van der Waals surface area contributed by atoms with Crippen LogP contribution in [0.1, 0.15) is 23.9 Å². The van der Waals surface area contributed by atoms with Crippen LogP contribution in [0.25, 0.3) is 54.6 Å². The largest absolute Gasteiger partial charge is 0.469 e. The number of ether oxygens (including phenoxy) is 1. The van der Waals surface area contributed by atoms with Crippen LogP contribution in [0, 0.1) is 0 Å². The molecule has 0 bridgehead atoms. The van der Waals surface area contributed by atoms with E-state index in [0.29, 0.717) is 5.56 Å². The topological polar surface area (TPSA) is 12.5 Å². The molecular formula is C42H27NO. The maximum Gasteiger partial charge on any atom is 0.187 e. The summed E-state index contributed by atoms with van der Waals surface area (Å²) in [4.78, 5) is 2.33. The first-order valence-electron chi connectivity index (χ1n) is 17.4. The van der Waals surface area contributed by atoms with Crippen molar-refractivity contribution in [3.05, 3.63) is 163 Å². The lowest BCUT2D eigenvalue weighted by Gasteiger charge is -2.27. The van der Waals surface area contributed by atoms with Gasteiger partial charge in [-0.15, -0.1) is 0 Å². The lowest BCUT2D eigenvalue weighted by Crippen LogP contribution is -2.32. The highest BCUT2D eigenvalue weighted by molar-refractivity contribution is 6.27. The molecule has 0 aliphatic carbocycles. The summed E-state index contributed by atoms with van der Waals surface area (Å²) in [6.45, 7) is 0. The van der Waals surface area contributed by atoms with Gasteiger partial charge in [0.15, 0.2) is 6.23 Å². The van der Waals surface area contributed by atoms with Crippen LogP contribution >= 0.6 is 0 Å². The molecule has 8 aromatic rings. The molecule has 2 heteroatoms. The summed E-state index contributed by atoms with van der Waals surface area (Å²) in [5, 5.41) is 6.18. The normalized spacial score (nSPS) is 18.4. The molecule has 2 unspecified atom stereocenters. The molecular weight excluding hydrogens is 534 g/mol. The molecule has 0 radical (unpaired) electrons. The smallest absolute Gasteiger partial charge is 0.187 e. The van der Waals surface area contributed by atoms with Crippen molar-refractivity contribution < 1.29 is 11.6 Å². The van der Waals surface area contributed by atoms with Gasteiger partial charge in [-0.1, -0.05) is 127 Å². The third-order valence-corrected chi connectivity index (χ3v) is 9.44. The van der Waals surface area contributed by atoms with Gasteiger partial charge in [-0.2, -0.15) is 0 Å². The minimum Gasteiger partial charge on any atom is -0.469 e. The molecule has 0 spiro atoms. The molecule has 0 saturated carbocycles. The van der Waals surface area contributed by atoms with Gasteiger partial charge in [0.25, 0.3) is 0 Å². The molecule has 44 heavy (non-hydrogen) atoms. The van der Waals surface area contributed by atoms with Gasteiger partial charge in [-0.3, -0.25) is 0 Å². The Kier molecular flexibility index (Phi) is 3.98. The molecule has 8 aromatic carbocycles. The average Bonchev–Trinajstić information content (AvgIpc) is 3.67. The van der Waals surface area contributed by atoms with Gasteiger partial charge in [-0.05, 0) is 84.4 Å². The van der Waals surface area contributed by atoms with Crippen molar-refractivity contribution >= 4 is 43.7 Å². The highest BCUT2D eigenvalue weighted by atomic mass is 16.5. The summed E-state index contributed by atoms with van der Waals surface area (Å²) in [5.41, 5.74) is 7.71. The quantitative estimate of drug-likeness (QED) is 0.197. The molecule has 2 heterocycles. The van der Waals surface area contributed by atoms with Gasteiger partial charge in [0.1, 0.15) is 5.75 Å². The van der Waals surface area contributed by atoms with E-state index in [9.17, 15) is 0 Å². The van der Waals surface area contributed by atoms with E-state index in [-0.39, 0.29) is 47.9 Å². The second kappa shape index (κ2) is 8.95. The molecule has 0 fully saturated rings. The van der Waals surface area contributed by atoms with Crippen molar-refractivity contribution in [3.63, 3.8) is 0 Å². The van der Waals surface area contributed by atoms with Gasteiger partial charge >= 0.3 is 0 Å². The second-order valence-electron chi connectivity index (χ2n) is 11.7. The molecule has 0 amide bonds. The number of hydrogen-bond donors (Lipinski definition) is 0. The summed E-state index contributed by atoms with van der Waals surface area (Å²) >= 11 is 0. The molecule has 10 rings (SSSR count). The first kappa shape index (κ1) is 19.6. The Balaban J connectivity index is 1.15. The fraction of sp³-hybridized carbons (Fsp3) is 0.0476. The van der Waals surface area contributed by atoms with Crippen molar-refractivity contribution in [3.8, 4) is 28.0 Å². The third-order valence-electron chi connectivity index (χ3n) is 9.44. The minimum absolute atomic E-state index is 0.128. The van der Waals surface area contributed by atoms with E-state index in [4.69, 9.17) is 11.6 Å². The fourth-order valence-corrected chi connectivity index (χ4v) is 7.59. The van der Waals surface area contributed by atoms with Crippen LogP contribution in [0.3, 0.4) is 0 Å². The maximum atomic E-state index is 8.69. The minimum atomic E-state index is -0.389. The molecule has 2 aliphatic rings. The summed E-state index contributed by atoms with van der Waals surface area (Å²) in [5.74, 6) is 1.06. The van der Waals surface area contributed by atoms with Crippen molar-refractivity contribution in [2.24, 2.45) is 0 Å². The number of nitrogens with zero attached hydrogens (tertiary/aromatic N) is 1. The van der Waals surface area contributed by atoms with E-state index in [2.05, 4.69) is 102 Å². The van der Waals surface area contributed by atoms with E-state index in [0.717, 1.165) is 60.6 Å². The molecule has 2 atom stereocenters. The molecule has 0 N–H and O–H groups in total. The zero-order valence-electron chi connectivity index (χ0n) is 28.6. The average molecular weight is 567 g/mol. The zero-order chi connectivity index (χ0) is 33.1. The second-order valence-corrected chi connectivity index (χ2v) is 11.7. The SMILES string of the molecule is [2H]c1c([2H])c([2H])c(-c2ccc3ccc4c(-c5cccc(N6c7ccccc7C7c8ccccc8OC76)c5)ccc5ccc2c3c54)c([2H])c1[2H]. The molecule has 0 aromatic heterocycles. The third kappa shape index (κ3) is 3.25. The number of para-hydroxylation sites is 2. The number of hydrogen-bond acceptors (Lipinski definition) is 2. The number of benzene rings is 8. The van der Waals surface area contributed by atoms with Crippen molar-refractivity contribution in [1.29, 1.82) is 0 Å². The summed E-state index contributed by atoms with van der Waals surface area (Å²) in [6, 6.07) is 40.7. The lowest BCUT2D eigenvalue weighted by molar-refractivity contribution is 0.234. The summed E-state index contributed by atoms with van der Waals surface area (Å²) in [7, 11) is 0. The zero-order valence-corrected chi connectivity index (χ0v) is 23.6. The Morgan fingerprint density at radius 2 is 1.23 bits per heavy atom. The van der Waals surface area contributed by atoms with Crippen LogP contribution in [-0.4, -0.2) is 6.23 Å². The highest BCUT2D eigenvalue weighted by Crippen LogP contribution is 2.54. The Morgan fingerprint density at radius 3 is 2.00 bits per heavy atom. The van der Waals surface area contributed by atoms with Gasteiger partial charge in [-0.25, -0.2) is 0 Å². The molecule has 0 saturated heterocycles. The van der Waals surface area contributed by atoms with Crippen LogP contribution in [0.2, 0.25) is 0 Å². The summed E-state index contributed by atoms with van der Waals surface area (Å²) < 4.78 is 48.7. The van der Waals surface area contributed by atoms with Gasteiger partial charge in [0.05, 0.1) is 12.8 Å². The molecule has 2 nitrogen and oxygen atoms in total. The maximum absolute atomic E-state index is 8.69. The Hall–Kier alpha value is -5.60. The van der Waals surface area contributed by atoms with Crippen LogP contribution in [0.15, 0.2) is 152 Å². The van der Waals surface area contributed by atoms with Crippen molar-refractivity contribution in [1.82, 2.24) is 0 Å². The van der Waals surface area contributed by atoms with Crippen LogP contribution in [-0.2, 0) is 0 Å². The van der Waals surface area contributed by atoms with Crippen LogP contribution in [0.5, 0.6) is 5.75 Å². The number of anilines is 2. The first-order chi connectivity index (χ1) is 23.9. The standard InChI is InChI=1S/C42H27NO/c1-2-9-26(10-3-1)31-21-17-27-20-24-34-32(22-18-28-19-23-33(31)39(27)40(28)34)29-11-8-12-30(25-29)43-37-15-6-4-13-35(37)41-36-14-5-7-16-38(36)44-42(41)43/h1-25,41-42H/i1D,2D,3D,9D,10D. The van der Waals surface area contributed by atoms with Crippen LogP contribution < -0.4 is 9.64 Å². The Labute approximate surface area is 262 Å².